The van der Waals surface area contributed by atoms with E-state index in [1.54, 1.807) is 0 Å². The van der Waals surface area contributed by atoms with Gasteiger partial charge in [0, 0.05) is 19.0 Å². The number of amides is 2. The van der Waals surface area contributed by atoms with Crippen molar-refractivity contribution in [2.45, 2.75) is 50.7 Å². The molecule has 2 aliphatic heterocycles. The van der Waals surface area contributed by atoms with Crippen molar-refractivity contribution in [1.29, 1.82) is 0 Å². The summed E-state index contributed by atoms with van der Waals surface area (Å²) < 4.78 is 39.8. The van der Waals surface area contributed by atoms with Crippen LogP contribution in [0.4, 0.5) is 30.6 Å². The van der Waals surface area contributed by atoms with Gasteiger partial charge in [-0.05, 0) is 38.3 Å². The number of hydrogen-bond acceptors (Lipinski definition) is 5. The summed E-state index contributed by atoms with van der Waals surface area (Å²) in [5.41, 5.74) is -2.14. The van der Waals surface area contributed by atoms with Crippen LogP contribution in [0.3, 0.4) is 0 Å². The van der Waals surface area contributed by atoms with Crippen molar-refractivity contribution in [2.75, 3.05) is 22.1 Å². The molecule has 2 amide bonds. The van der Waals surface area contributed by atoms with E-state index in [2.05, 4.69) is 20.6 Å². The van der Waals surface area contributed by atoms with Crippen molar-refractivity contribution in [2.24, 2.45) is 0 Å². The molecule has 1 aromatic heterocycles. The number of halogens is 3. The average Bonchev–Trinajstić information content (AvgIpc) is 2.72. The van der Waals surface area contributed by atoms with Gasteiger partial charge in [-0.1, -0.05) is 12.1 Å². The van der Waals surface area contributed by atoms with Crippen LogP contribution >= 0.6 is 0 Å². The quantitative estimate of drug-likeness (QED) is 0.667. The van der Waals surface area contributed by atoms with Crippen LogP contribution in [0.1, 0.15) is 49.7 Å². The molecule has 3 N–H and O–H groups in total. The minimum absolute atomic E-state index is 0.0398. The maximum Gasteiger partial charge on any atom is 0.418 e. The first-order chi connectivity index (χ1) is 15.1. The third kappa shape index (κ3) is 4.19. The second kappa shape index (κ2) is 8.29. The molecule has 0 radical (unpaired) electrons. The van der Waals surface area contributed by atoms with Crippen molar-refractivity contribution in [3.05, 3.63) is 45.7 Å². The molecule has 4 rings (SSSR count). The third-order valence-corrected chi connectivity index (χ3v) is 5.82. The molecular formula is C21H22F3N5O3. The maximum atomic E-state index is 13.3. The van der Waals surface area contributed by atoms with E-state index in [1.165, 1.54) is 12.1 Å². The highest BCUT2D eigenvalue weighted by Crippen LogP contribution is 2.36. The fourth-order valence-corrected chi connectivity index (χ4v) is 4.19. The molecule has 1 saturated heterocycles. The molecule has 8 nitrogen and oxygen atoms in total. The SMILES string of the molecule is C[C@H]1CCCCN1c1nc2c(c(=O)[nH]1)[C@H](C(=O)Nc1ccccc1C(F)(F)F)CC(=O)N2. The molecule has 0 aliphatic carbocycles. The van der Waals surface area contributed by atoms with Crippen molar-refractivity contribution in [3.63, 3.8) is 0 Å². The van der Waals surface area contributed by atoms with E-state index in [1.807, 2.05) is 11.8 Å². The van der Waals surface area contributed by atoms with Crippen LogP contribution in [-0.2, 0) is 15.8 Å². The summed E-state index contributed by atoms with van der Waals surface area (Å²) in [4.78, 5) is 47.0. The minimum atomic E-state index is -4.68. The van der Waals surface area contributed by atoms with Gasteiger partial charge in [0.2, 0.25) is 17.8 Å². The molecule has 0 spiro atoms. The lowest BCUT2D eigenvalue weighted by atomic mass is 9.92. The first kappa shape index (κ1) is 21.8. The van der Waals surface area contributed by atoms with E-state index in [9.17, 15) is 27.6 Å². The van der Waals surface area contributed by atoms with E-state index in [0.717, 1.165) is 31.4 Å². The summed E-state index contributed by atoms with van der Waals surface area (Å²) in [7, 11) is 0. The van der Waals surface area contributed by atoms with Crippen LogP contribution in [0.15, 0.2) is 29.1 Å². The van der Waals surface area contributed by atoms with Crippen LogP contribution in [0, 0.1) is 0 Å². The van der Waals surface area contributed by atoms with Gasteiger partial charge in [-0.15, -0.1) is 0 Å². The molecule has 0 unspecified atom stereocenters. The van der Waals surface area contributed by atoms with Crippen LogP contribution in [-0.4, -0.2) is 34.4 Å². The highest BCUT2D eigenvalue weighted by molar-refractivity contribution is 6.04. The standard InChI is InChI=1S/C21H22F3N5O3/c1-11-6-4-5-9-29(11)20-27-17-16(19(32)28-20)12(10-15(30)26-17)18(31)25-14-8-3-2-7-13(14)21(22,23)24/h2-3,7-8,11-12H,4-6,9-10H2,1H3,(H,25,31)(H2,26,27,28,30,32)/t11-,12+/m0/s1. The van der Waals surface area contributed by atoms with Crippen LogP contribution in [0.5, 0.6) is 0 Å². The lowest BCUT2D eigenvalue weighted by Crippen LogP contribution is -2.42. The van der Waals surface area contributed by atoms with Gasteiger partial charge in [0.25, 0.3) is 5.56 Å². The summed E-state index contributed by atoms with van der Waals surface area (Å²) in [6.07, 6.45) is -2.13. The molecule has 1 fully saturated rings. The molecule has 2 aliphatic rings. The Morgan fingerprint density at radius 2 is 1.97 bits per heavy atom. The average molecular weight is 449 g/mol. The Kier molecular flexibility index (Phi) is 5.66. The Bertz CT molecular complexity index is 1110. The van der Waals surface area contributed by atoms with Crippen LogP contribution in [0.2, 0.25) is 0 Å². The van der Waals surface area contributed by atoms with Gasteiger partial charge < -0.3 is 15.5 Å². The lowest BCUT2D eigenvalue weighted by Gasteiger charge is -2.34. The van der Waals surface area contributed by atoms with E-state index >= 15 is 0 Å². The second-order valence-corrected chi connectivity index (χ2v) is 8.03. The first-order valence-corrected chi connectivity index (χ1v) is 10.3. The Morgan fingerprint density at radius 3 is 2.69 bits per heavy atom. The Hall–Kier alpha value is -3.37. The molecular weight excluding hydrogens is 427 g/mol. The highest BCUT2D eigenvalue weighted by Gasteiger charge is 2.38. The van der Waals surface area contributed by atoms with Gasteiger partial charge in [-0.2, -0.15) is 18.2 Å². The van der Waals surface area contributed by atoms with Crippen molar-refractivity contribution >= 4 is 29.3 Å². The Morgan fingerprint density at radius 1 is 1.22 bits per heavy atom. The number of para-hydroxylation sites is 1. The zero-order chi connectivity index (χ0) is 23.0. The summed E-state index contributed by atoms with van der Waals surface area (Å²) in [5, 5.41) is 4.75. The van der Waals surface area contributed by atoms with Gasteiger partial charge in [0.05, 0.1) is 22.7 Å². The topological polar surface area (TPSA) is 107 Å². The molecule has 32 heavy (non-hydrogen) atoms. The summed E-state index contributed by atoms with van der Waals surface area (Å²) in [6, 6.07) is 4.67. The first-order valence-electron chi connectivity index (χ1n) is 10.3. The molecule has 170 valence electrons. The number of carbonyl (C=O) groups is 2. The van der Waals surface area contributed by atoms with E-state index in [4.69, 9.17) is 0 Å². The van der Waals surface area contributed by atoms with Crippen molar-refractivity contribution < 1.29 is 22.8 Å². The number of anilines is 3. The van der Waals surface area contributed by atoms with Crippen LogP contribution in [0.25, 0.3) is 0 Å². The van der Waals surface area contributed by atoms with Gasteiger partial charge in [-0.3, -0.25) is 19.4 Å². The fraction of sp³-hybridized carbons (Fsp3) is 0.429. The number of nitrogens with zero attached hydrogens (tertiary/aromatic N) is 2. The van der Waals surface area contributed by atoms with E-state index in [0.29, 0.717) is 12.5 Å². The number of nitrogens with one attached hydrogen (secondary N) is 3. The fourth-order valence-electron chi connectivity index (χ4n) is 4.19. The third-order valence-electron chi connectivity index (χ3n) is 5.82. The van der Waals surface area contributed by atoms with E-state index < -0.39 is 40.7 Å². The second-order valence-electron chi connectivity index (χ2n) is 8.03. The number of carbonyl (C=O) groups excluding carboxylic acids is 2. The van der Waals surface area contributed by atoms with E-state index in [-0.39, 0.29) is 23.8 Å². The number of aromatic amines is 1. The number of H-pyrrole nitrogens is 1. The molecule has 2 atom stereocenters. The van der Waals surface area contributed by atoms with Crippen LogP contribution < -0.4 is 21.1 Å². The number of piperidine rings is 1. The summed E-state index contributed by atoms with van der Waals surface area (Å²) >= 11 is 0. The molecule has 2 aromatic rings. The predicted molar refractivity (Wildman–Crippen MR) is 112 cm³/mol. The van der Waals surface area contributed by atoms with Crippen molar-refractivity contribution in [3.8, 4) is 0 Å². The van der Waals surface area contributed by atoms with Gasteiger partial charge >= 0.3 is 6.18 Å². The zero-order valence-electron chi connectivity index (χ0n) is 17.3. The summed E-state index contributed by atoms with van der Waals surface area (Å²) in [5.74, 6) is -2.45. The minimum Gasteiger partial charge on any atom is -0.340 e. The Balaban J connectivity index is 1.67. The predicted octanol–water partition coefficient (Wildman–Crippen LogP) is 3.23. The molecule has 0 saturated carbocycles. The Labute approximate surface area is 181 Å². The molecule has 3 heterocycles. The highest BCUT2D eigenvalue weighted by atomic mass is 19.4. The number of alkyl halides is 3. The number of fused-ring (bicyclic) bond motifs is 1. The number of rotatable bonds is 3. The van der Waals surface area contributed by atoms with Gasteiger partial charge in [0.15, 0.2) is 0 Å². The normalized spacial score (nSPS) is 21.0. The molecule has 1 aromatic carbocycles. The zero-order valence-corrected chi connectivity index (χ0v) is 17.3. The number of hydrogen-bond donors (Lipinski definition) is 3. The smallest absolute Gasteiger partial charge is 0.340 e. The van der Waals surface area contributed by atoms with Crippen molar-refractivity contribution in [1.82, 2.24) is 9.97 Å². The lowest BCUT2D eigenvalue weighted by molar-refractivity contribution is -0.137. The maximum absolute atomic E-state index is 13.3. The largest absolute Gasteiger partial charge is 0.418 e. The van der Waals surface area contributed by atoms with Gasteiger partial charge in [-0.25, -0.2) is 0 Å². The molecule has 0 bridgehead atoms. The number of aromatic nitrogens is 2. The molecule has 11 heteroatoms. The van der Waals surface area contributed by atoms with Gasteiger partial charge in [0.1, 0.15) is 5.82 Å². The summed E-state index contributed by atoms with van der Waals surface area (Å²) in [6.45, 7) is 2.69. The monoisotopic (exact) mass is 449 g/mol. The number of benzene rings is 1.